The van der Waals surface area contributed by atoms with Crippen molar-refractivity contribution in [2.45, 2.75) is 26.8 Å². The molecule has 0 saturated heterocycles. The standard InChI is InChI=1S/C18H19N3O2S/c1-13-9-18(22)21(14(2)20-13)7-8-23-16-5-3-15(4-6-16)10-17-11-19-12-24-17/h3-6,9,11-12H,7-8,10H2,1-2H3. The Morgan fingerprint density at radius 2 is 2.00 bits per heavy atom. The van der Waals surface area contributed by atoms with Gasteiger partial charge in [0, 0.05) is 29.3 Å². The van der Waals surface area contributed by atoms with Crippen LogP contribution in [0.2, 0.25) is 0 Å². The number of ether oxygens (including phenoxy) is 1. The second-order valence-electron chi connectivity index (χ2n) is 5.57. The maximum absolute atomic E-state index is 12.0. The third kappa shape index (κ3) is 4.08. The van der Waals surface area contributed by atoms with Gasteiger partial charge in [0.15, 0.2) is 0 Å². The van der Waals surface area contributed by atoms with E-state index in [-0.39, 0.29) is 5.56 Å². The minimum absolute atomic E-state index is 0.0384. The molecule has 1 aromatic carbocycles. The Hall–Kier alpha value is -2.47. The van der Waals surface area contributed by atoms with Crippen molar-refractivity contribution in [3.05, 3.63) is 74.4 Å². The molecule has 24 heavy (non-hydrogen) atoms. The fraction of sp³-hybridized carbons (Fsp3) is 0.278. The van der Waals surface area contributed by atoms with Crippen molar-refractivity contribution in [3.63, 3.8) is 0 Å². The van der Waals surface area contributed by atoms with Crippen molar-refractivity contribution >= 4 is 11.3 Å². The Kier molecular flexibility index (Phi) is 5.05. The van der Waals surface area contributed by atoms with E-state index in [2.05, 4.69) is 22.1 Å². The van der Waals surface area contributed by atoms with Crippen LogP contribution in [0.4, 0.5) is 0 Å². The van der Waals surface area contributed by atoms with Gasteiger partial charge in [-0.2, -0.15) is 0 Å². The molecule has 2 aromatic heterocycles. The molecule has 0 radical (unpaired) electrons. The molecule has 0 aliphatic carbocycles. The van der Waals surface area contributed by atoms with E-state index in [0.717, 1.165) is 17.9 Å². The first kappa shape index (κ1) is 16.4. The third-order valence-electron chi connectivity index (χ3n) is 3.70. The lowest BCUT2D eigenvalue weighted by molar-refractivity contribution is 0.294. The molecule has 0 amide bonds. The predicted octanol–water partition coefficient (Wildman–Crippen LogP) is 2.99. The van der Waals surface area contributed by atoms with Crippen LogP contribution in [0.3, 0.4) is 0 Å². The summed E-state index contributed by atoms with van der Waals surface area (Å²) in [4.78, 5) is 21.6. The van der Waals surface area contributed by atoms with E-state index in [0.29, 0.717) is 19.0 Å². The van der Waals surface area contributed by atoms with Gasteiger partial charge in [-0.05, 0) is 31.5 Å². The highest BCUT2D eigenvalue weighted by Crippen LogP contribution is 2.17. The van der Waals surface area contributed by atoms with Gasteiger partial charge in [0.05, 0.1) is 12.1 Å². The second kappa shape index (κ2) is 7.40. The molecule has 5 nitrogen and oxygen atoms in total. The fourth-order valence-corrected chi connectivity index (χ4v) is 3.15. The summed E-state index contributed by atoms with van der Waals surface area (Å²) in [6.07, 6.45) is 2.78. The average Bonchev–Trinajstić information content (AvgIpc) is 3.04. The van der Waals surface area contributed by atoms with Crippen LogP contribution < -0.4 is 10.3 Å². The second-order valence-corrected chi connectivity index (χ2v) is 6.54. The van der Waals surface area contributed by atoms with Crippen LogP contribution in [0.1, 0.15) is 22.0 Å². The van der Waals surface area contributed by atoms with E-state index < -0.39 is 0 Å². The number of aromatic nitrogens is 3. The molecule has 0 atom stereocenters. The summed E-state index contributed by atoms with van der Waals surface area (Å²) in [5.74, 6) is 1.51. The molecule has 3 aromatic rings. The number of thiazole rings is 1. The van der Waals surface area contributed by atoms with Gasteiger partial charge in [-0.15, -0.1) is 11.3 Å². The van der Waals surface area contributed by atoms with Gasteiger partial charge in [-0.3, -0.25) is 14.3 Å². The van der Waals surface area contributed by atoms with Gasteiger partial charge >= 0.3 is 0 Å². The van der Waals surface area contributed by atoms with Crippen molar-refractivity contribution in [3.8, 4) is 5.75 Å². The molecule has 0 fully saturated rings. The summed E-state index contributed by atoms with van der Waals surface area (Å²) in [5, 5.41) is 0. The van der Waals surface area contributed by atoms with Crippen LogP contribution in [0.25, 0.3) is 0 Å². The first-order valence-electron chi connectivity index (χ1n) is 7.76. The number of benzene rings is 1. The topological polar surface area (TPSA) is 57.0 Å². The molecule has 0 spiro atoms. The van der Waals surface area contributed by atoms with E-state index in [1.165, 1.54) is 10.4 Å². The molecule has 0 aliphatic heterocycles. The van der Waals surface area contributed by atoms with Crippen LogP contribution in [0.15, 0.2) is 46.8 Å². The summed E-state index contributed by atoms with van der Waals surface area (Å²) >= 11 is 1.66. The third-order valence-corrected chi connectivity index (χ3v) is 4.48. The first-order valence-corrected chi connectivity index (χ1v) is 8.64. The SMILES string of the molecule is Cc1cc(=O)n(CCOc2ccc(Cc3cncs3)cc2)c(C)n1. The highest BCUT2D eigenvalue weighted by Gasteiger charge is 2.04. The Morgan fingerprint density at radius 3 is 2.67 bits per heavy atom. The minimum Gasteiger partial charge on any atom is -0.492 e. The highest BCUT2D eigenvalue weighted by atomic mass is 32.1. The molecular formula is C18H19N3O2S. The molecule has 0 N–H and O–H groups in total. The van der Waals surface area contributed by atoms with Crippen LogP contribution >= 0.6 is 11.3 Å². The summed E-state index contributed by atoms with van der Waals surface area (Å²) in [6, 6.07) is 9.57. The maximum Gasteiger partial charge on any atom is 0.253 e. The zero-order valence-corrected chi connectivity index (χ0v) is 14.5. The normalized spacial score (nSPS) is 10.8. The van der Waals surface area contributed by atoms with Gasteiger partial charge in [0.1, 0.15) is 18.2 Å². The molecule has 0 bridgehead atoms. The number of nitrogens with zero attached hydrogens (tertiary/aromatic N) is 3. The zero-order valence-electron chi connectivity index (χ0n) is 13.7. The average molecular weight is 341 g/mol. The number of hydrogen-bond acceptors (Lipinski definition) is 5. The van der Waals surface area contributed by atoms with Crippen molar-refractivity contribution in [2.24, 2.45) is 0 Å². The molecule has 2 heterocycles. The van der Waals surface area contributed by atoms with Gasteiger partial charge in [0.25, 0.3) is 5.56 Å². The van der Waals surface area contributed by atoms with Crippen molar-refractivity contribution in [1.82, 2.24) is 14.5 Å². The first-order chi connectivity index (χ1) is 11.6. The van der Waals surface area contributed by atoms with Gasteiger partial charge < -0.3 is 4.74 Å². The van der Waals surface area contributed by atoms with Crippen LogP contribution in [-0.4, -0.2) is 21.1 Å². The van der Waals surface area contributed by atoms with Gasteiger partial charge in [-0.25, -0.2) is 4.98 Å². The zero-order chi connectivity index (χ0) is 16.9. The van der Waals surface area contributed by atoms with Crippen LogP contribution in [0.5, 0.6) is 5.75 Å². The Bertz CT molecular complexity index is 855. The smallest absolute Gasteiger partial charge is 0.253 e. The minimum atomic E-state index is -0.0384. The van der Waals surface area contributed by atoms with Crippen LogP contribution in [0, 0.1) is 13.8 Å². The number of aryl methyl sites for hydroxylation is 2. The van der Waals surface area contributed by atoms with Crippen molar-refractivity contribution in [1.29, 1.82) is 0 Å². The molecule has 6 heteroatoms. The molecule has 0 saturated carbocycles. The van der Waals surface area contributed by atoms with E-state index in [9.17, 15) is 4.79 Å². The van der Waals surface area contributed by atoms with E-state index >= 15 is 0 Å². The van der Waals surface area contributed by atoms with Gasteiger partial charge in [0.2, 0.25) is 0 Å². The summed E-state index contributed by atoms with van der Waals surface area (Å²) in [7, 11) is 0. The number of rotatable bonds is 6. The summed E-state index contributed by atoms with van der Waals surface area (Å²) in [6.45, 7) is 4.58. The highest BCUT2D eigenvalue weighted by molar-refractivity contribution is 7.09. The van der Waals surface area contributed by atoms with Crippen LogP contribution in [-0.2, 0) is 13.0 Å². The summed E-state index contributed by atoms with van der Waals surface area (Å²) in [5.41, 5.74) is 3.77. The quantitative estimate of drug-likeness (QED) is 0.692. The fourth-order valence-electron chi connectivity index (χ4n) is 2.52. The van der Waals surface area contributed by atoms with Crippen molar-refractivity contribution < 1.29 is 4.74 Å². The monoisotopic (exact) mass is 341 g/mol. The molecule has 124 valence electrons. The molecule has 0 unspecified atom stereocenters. The predicted molar refractivity (Wildman–Crippen MR) is 94.8 cm³/mol. The van der Waals surface area contributed by atoms with Gasteiger partial charge in [-0.1, -0.05) is 12.1 Å². The Balaban J connectivity index is 1.56. The largest absolute Gasteiger partial charge is 0.492 e. The molecular weight excluding hydrogens is 322 g/mol. The Labute approximate surface area is 144 Å². The lowest BCUT2D eigenvalue weighted by Gasteiger charge is -2.11. The van der Waals surface area contributed by atoms with Crippen molar-refractivity contribution in [2.75, 3.05) is 6.61 Å². The Morgan fingerprint density at radius 1 is 1.21 bits per heavy atom. The lowest BCUT2D eigenvalue weighted by atomic mass is 10.1. The summed E-state index contributed by atoms with van der Waals surface area (Å²) < 4.78 is 7.37. The molecule has 0 aliphatic rings. The number of hydrogen-bond donors (Lipinski definition) is 0. The van der Waals surface area contributed by atoms with E-state index in [1.54, 1.807) is 22.0 Å². The lowest BCUT2D eigenvalue weighted by Crippen LogP contribution is -2.26. The van der Waals surface area contributed by atoms with E-state index in [4.69, 9.17) is 4.74 Å². The maximum atomic E-state index is 12.0. The molecule has 3 rings (SSSR count). The van der Waals surface area contributed by atoms with E-state index in [1.807, 2.05) is 37.7 Å².